The van der Waals surface area contributed by atoms with E-state index in [1.165, 1.54) is 0 Å². The topological polar surface area (TPSA) is 35.8 Å². The van der Waals surface area contributed by atoms with Crippen molar-refractivity contribution in [2.75, 3.05) is 6.54 Å². The summed E-state index contributed by atoms with van der Waals surface area (Å²) in [7, 11) is 0. The molecule has 66 valence electrons. The molecule has 0 aromatic rings. The molecule has 0 saturated carbocycles. The van der Waals surface area contributed by atoms with Crippen molar-refractivity contribution in [2.45, 2.75) is 32.7 Å². The van der Waals surface area contributed by atoms with Crippen LogP contribution in [-0.4, -0.2) is 12.1 Å². The van der Waals surface area contributed by atoms with E-state index < -0.39 is 5.54 Å². The molecule has 0 aliphatic carbocycles. The molecule has 2 nitrogen and oxygen atoms in total. The maximum Gasteiger partial charge on any atom is 0.109 e. The molecule has 0 aliphatic rings. The van der Waals surface area contributed by atoms with Gasteiger partial charge in [-0.3, -0.25) is 5.32 Å². The first-order chi connectivity index (χ1) is 5.63. The zero-order chi connectivity index (χ0) is 9.61. The summed E-state index contributed by atoms with van der Waals surface area (Å²) in [6, 6.07) is 2.29. The minimum Gasteiger partial charge on any atom is -0.288 e. The maximum absolute atomic E-state index is 8.99. The van der Waals surface area contributed by atoms with E-state index in [2.05, 4.69) is 17.3 Å². The maximum atomic E-state index is 8.99. The molecule has 0 fully saturated rings. The summed E-state index contributed by atoms with van der Waals surface area (Å²) < 4.78 is 0. The first-order valence-corrected chi connectivity index (χ1v) is 4.22. The SMILES string of the molecule is C#CCNC(C#N)(CC)C(C)C. The number of nitriles is 1. The number of nitrogens with one attached hydrogen (secondary N) is 1. The Balaban J connectivity index is 4.41. The van der Waals surface area contributed by atoms with Gasteiger partial charge in [0.05, 0.1) is 12.6 Å². The Morgan fingerprint density at radius 1 is 1.58 bits per heavy atom. The first-order valence-electron chi connectivity index (χ1n) is 4.22. The Morgan fingerprint density at radius 2 is 2.17 bits per heavy atom. The Labute approximate surface area is 75.0 Å². The Bertz CT molecular complexity index is 207. The zero-order valence-electron chi connectivity index (χ0n) is 8.02. The van der Waals surface area contributed by atoms with Gasteiger partial charge in [-0.05, 0) is 12.3 Å². The number of hydrogen-bond donors (Lipinski definition) is 1. The molecule has 0 aromatic heterocycles. The molecule has 0 amide bonds. The number of terminal acetylenes is 1. The van der Waals surface area contributed by atoms with Gasteiger partial charge in [-0.25, -0.2) is 0 Å². The van der Waals surface area contributed by atoms with Gasteiger partial charge in [0.15, 0.2) is 0 Å². The number of nitrogens with zero attached hydrogens (tertiary/aromatic N) is 1. The molecule has 12 heavy (non-hydrogen) atoms. The van der Waals surface area contributed by atoms with Crippen LogP contribution in [0.2, 0.25) is 0 Å². The molecule has 0 radical (unpaired) electrons. The van der Waals surface area contributed by atoms with Crippen LogP contribution in [0.5, 0.6) is 0 Å². The van der Waals surface area contributed by atoms with Crippen molar-refractivity contribution in [1.29, 1.82) is 5.26 Å². The fourth-order valence-electron chi connectivity index (χ4n) is 1.19. The van der Waals surface area contributed by atoms with Crippen molar-refractivity contribution < 1.29 is 0 Å². The first kappa shape index (κ1) is 11.0. The third kappa shape index (κ3) is 2.26. The standard InChI is InChI=1S/C10H16N2/c1-5-7-12-10(6-2,8-11)9(3)4/h1,9,12H,6-7H2,2-4H3. The van der Waals surface area contributed by atoms with Crippen LogP contribution in [-0.2, 0) is 0 Å². The van der Waals surface area contributed by atoms with Gasteiger partial charge in [0.25, 0.3) is 0 Å². The summed E-state index contributed by atoms with van der Waals surface area (Å²) in [5, 5.41) is 12.1. The van der Waals surface area contributed by atoms with Crippen molar-refractivity contribution in [3.8, 4) is 18.4 Å². The molecule has 0 spiro atoms. The van der Waals surface area contributed by atoms with Crippen LogP contribution >= 0.6 is 0 Å². The third-order valence-corrected chi connectivity index (χ3v) is 2.25. The van der Waals surface area contributed by atoms with Crippen LogP contribution in [0.4, 0.5) is 0 Å². The highest BCUT2D eigenvalue weighted by molar-refractivity contribution is 5.10. The quantitative estimate of drug-likeness (QED) is 0.640. The van der Waals surface area contributed by atoms with Gasteiger partial charge in [0.2, 0.25) is 0 Å². The summed E-state index contributed by atoms with van der Waals surface area (Å²) >= 11 is 0. The van der Waals surface area contributed by atoms with Crippen molar-refractivity contribution in [3.05, 3.63) is 0 Å². The summed E-state index contributed by atoms with van der Waals surface area (Å²) in [6.07, 6.45) is 5.90. The van der Waals surface area contributed by atoms with E-state index in [1.54, 1.807) is 0 Å². The molecule has 2 heteroatoms. The Hall–Kier alpha value is -0.990. The van der Waals surface area contributed by atoms with Crippen LogP contribution in [0, 0.1) is 29.6 Å². The highest BCUT2D eigenvalue weighted by Gasteiger charge is 2.30. The summed E-state index contributed by atoms with van der Waals surface area (Å²) in [5.41, 5.74) is -0.452. The lowest BCUT2D eigenvalue weighted by Crippen LogP contribution is -2.48. The fourth-order valence-corrected chi connectivity index (χ4v) is 1.19. The molecular formula is C10H16N2. The normalized spacial score (nSPS) is 14.8. The van der Waals surface area contributed by atoms with Crippen LogP contribution in [0.1, 0.15) is 27.2 Å². The van der Waals surface area contributed by atoms with Crippen molar-refractivity contribution in [3.63, 3.8) is 0 Å². The summed E-state index contributed by atoms with van der Waals surface area (Å²) in [5.74, 6) is 2.76. The molecule has 0 bridgehead atoms. The third-order valence-electron chi connectivity index (χ3n) is 2.25. The molecule has 0 aliphatic heterocycles. The lowest BCUT2D eigenvalue weighted by atomic mass is 9.85. The Kier molecular flexibility index (Phi) is 4.40. The van der Waals surface area contributed by atoms with E-state index in [1.807, 2.05) is 20.8 Å². The monoisotopic (exact) mass is 164 g/mol. The molecule has 1 N–H and O–H groups in total. The van der Waals surface area contributed by atoms with E-state index in [9.17, 15) is 0 Å². The Morgan fingerprint density at radius 3 is 2.42 bits per heavy atom. The highest BCUT2D eigenvalue weighted by Crippen LogP contribution is 2.19. The smallest absolute Gasteiger partial charge is 0.109 e. The predicted octanol–water partition coefficient (Wildman–Crippen LogP) is 1.54. The van der Waals surface area contributed by atoms with Crippen LogP contribution in [0.15, 0.2) is 0 Å². The van der Waals surface area contributed by atoms with Gasteiger partial charge in [-0.2, -0.15) is 5.26 Å². The van der Waals surface area contributed by atoms with Gasteiger partial charge in [0, 0.05) is 0 Å². The van der Waals surface area contributed by atoms with Crippen molar-refractivity contribution >= 4 is 0 Å². The second kappa shape index (κ2) is 4.80. The van der Waals surface area contributed by atoms with E-state index in [4.69, 9.17) is 11.7 Å². The lowest BCUT2D eigenvalue weighted by molar-refractivity contribution is 0.313. The molecule has 0 heterocycles. The van der Waals surface area contributed by atoms with Gasteiger partial charge < -0.3 is 0 Å². The molecule has 1 atom stereocenters. The van der Waals surface area contributed by atoms with Crippen LogP contribution in [0.25, 0.3) is 0 Å². The highest BCUT2D eigenvalue weighted by atomic mass is 15.0. The van der Waals surface area contributed by atoms with Gasteiger partial charge >= 0.3 is 0 Å². The van der Waals surface area contributed by atoms with Gasteiger partial charge in [0.1, 0.15) is 5.54 Å². The summed E-state index contributed by atoms with van der Waals surface area (Å²) in [4.78, 5) is 0. The lowest BCUT2D eigenvalue weighted by Gasteiger charge is -2.29. The second-order valence-electron chi connectivity index (χ2n) is 3.15. The minimum absolute atomic E-state index is 0.279. The summed E-state index contributed by atoms with van der Waals surface area (Å²) in [6.45, 7) is 6.50. The van der Waals surface area contributed by atoms with Crippen molar-refractivity contribution in [1.82, 2.24) is 5.32 Å². The van der Waals surface area contributed by atoms with E-state index in [0.29, 0.717) is 6.54 Å². The minimum atomic E-state index is -0.452. The molecule has 0 rings (SSSR count). The van der Waals surface area contributed by atoms with Crippen LogP contribution in [0.3, 0.4) is 0 Å². The largest absolute Gasteiger partial charge is 0.288 e. The van der Waals surface area contributed by atoms with E-state index >= 15 is 0 Å². The predicted molar refractivity (Wildman–Crippen MR) is 50.3 cm³/mol. The average Bonchev–Trinajstić information content (AvgIpc) is 2.07. The number of hydrogen-bond acceptors (Lipinski definition) is 2. The second-order valence-corrected chi connectivity index (χ2v) is 3.15. The molecule has 0 aromatic carbocycles. The van der Waals surface area contributed by atoms with Crippen molar-refractivity contribution in [2.24, 2.45) is 5.92 Å². The van der Waals surface area contributed by atoms with Crippen LogP contribution < -0.4 is 5.32 Å². The molecule has 1 unspecified atom stereocenters. The van der Waals surface area contributed by atoms with Gasteiger partial charge in [-0.1, -0.05) is 26.7 Å². The molecular weight excluding hydrogens is 148 g/mol. The van der Waals surface area contributed by atoms with E-state index in [-0.39, 0.29) is 5.92 Å². The average molecular weight is 164 g/mol. The number of rotatable bonds is 4. The molecule has 0 saturated heterocycles. The zero-order valence-corrected chi connectivity index (χ0v) is 8.02. The fraction of sp³-hybridized carbons (Fsp3) is 0.700. The van der Waals surface area contributed by atoms with E-state index in [0.717, 1.165) is 6.42 Å². The van der Waals surface area contributed by atoms with Gasteiger partial charge in [-0.15, -0.1) is 6.42 Å².